The normalized spacial score (nSPS) is 18.3. The number of para-hydroxylation sites is 1. The van der Waals surface area contributed by atoms with E-state index in [9.17, 15) is 18.0 Å². The van der Waals surface area contributed by atoms with Crippen LogP contribution < -0.4 is 5.32 Å². The molecular weight excluding hydrogens is 354 g/mol. The van der Waals surface area contributed by atoms with Crippen LogP contribution in [0.2, 0.25) is 0 Å². The van der Waals surface area contributed by atoms with E-state index in [4.69, 9.17) is 0 Å². The molecule has 1 aliphatic rings. The molecule has 0 aliphatic carbocycles. The summed E-state index contributed by atoms with van der Waals surface area (Å²) >= 11 is 0. The summed E-state index contributed by atoms with van der Waals surface area (Å²) in [4.78, 5) is 30.5. The summed E-state index contributed by atoms with van der Waals surface area (Å²) in [5.41, 5.74) is 0.856. The molecule has 26 heavy (non-hydrogen) atoms. The molecule has 1 atom stereocenters. The molecule has 3 rings (SSSR count). The van der Waals surface area contributed by atoms with E-state index in [-0.39, 0.29) is 28.9 Å². The molecule has 8 heteroatoms. The molecule has 136 valence electrons. The number of benzene rings is 1. The number of hydrogen-bond donors (Lipinski definition) is 1. The highest BCUT2D eigenvalue weighted by molar-refractivity contribution is 7.91. The highest BCUT2D eigenvalue weighted by atomic mass is 32.2. The quantitative estimate of drug-likeness (QED) is 0.878. The van der Waals surface area contributed by atoms with Crippen molar-refractivity contribution in [2.24, 2.45) is 0 Å². The zero-order valence-corrected chi connectivity index (χ0v) is 15.1. The Morgan fingerprint density at radius 3 is 2.42 bits per heavy atom. The molecule has 0 saturated carbocycles. The van der Waals surface area contributed by atoms with E-state index in [1.165, 1.54) is 17.0 Å². The van der Waals surface area contributed by atoms with Gasteiger partial charge in [-0.1, -0.05) is 24.3 Å². The lowest BCUT2D eigenvalue weighted by Gasteiger charge is -2.23. The number of nitrogens with one attached hydrogen (secondary N) is 1. The number of carbonyl (C=O) groups is 2. The second-order valence-electron chi connectivity index (χ2n) is 6.20. The molecule has 0 radical (unpaired) electrons. The lowest BCUT2D eigenvalue weighted by molar-refractivity contribution is 0.0741. The second kappa shape index (κ2) is 7.25. The Kier molecular flexibility index (Phi) is 5.03. The van der Waals surface area contributed by atoms with Crippen molar-refractivity contribution in [2.75, 3.05) is 23.9 Å². The number of hydrogen-bond acceptors (Lipinski definition) is 5. The van der Waals surface area contributed by atoms with Crippen molar-refractivity contribution in [3.63, 3.8) is 0 Å². The largest absolute Gasteiger partial charge is 0.336 e. The number of carbonyl (C=O) groups excluding carboxylic acids is 2. The maximum atomic E-state index is 12.6. The number of rotatable bonds is 4. The lowest BCUT2D eigenvalue weighted by Crippen LogP contribution is -2.38. The number of amides is 2. The van der Waals surface area contributed by atoms with Crippen molar-refractivity contribution in [2.45, 2.75) is 12.5 Å². The Hall–Kier alpha value is -2.74. The molecule has 0 bridgehead atoms. The maximum absolute atomic E-state index is 12.6. The van der Waals surface area contributed by atoms with Crippen molar-refractivity contribution >= 4 is 27.3 Å². The first-order valence-corrected chi connectivity index (χ1v) is 9.99. The van der Waals surface area contributed by atoms with E-state index in [1.54, 1.807) is 37.4 Å². The first-order valence-electron chi connectivity index (χ1n) is 8.17. The van der Waals surface area contributed by atoms with E-state index >= 15 is 0 Å². The Morgan fingerprint density at radius 1 is 1.08 bits per heavy atom. The molecule has 1 N–H and O–H groups in total. The Morgan fingerprint density at radius 2 is 1.77 bits per heavy atom. The summed E-state index contributed by atoms with van der Waals surface area (Å²) in [6.45, 7) is 0. The van der Waals surface area contributed by atoms with Crippen molar-refractivity contribution in [3.8, 4) is 0 Å². The predicted octanol–water partition coefficient (Wildman–Crippen LogP) is 1.59. The van der Waals surface area contributed by atoms with Crippen LogP contribution in [0.1, 0.15) is 27.4 Å². The number of anilines is 1. The zero-order chi connectivity index (χ0) is 18.7. The van der Waals surface area contributed by atoms with Crippen LogP contribution in [0.15, 0.2) is 48.5 Å². The lowest BCUT2D eigenvalue weighted by atomic mass is 10.2. The summed E-state index contributed by atoms with van der Waals surface area (Å²) in [6, 6.07) is 13.2. The smallest absolute Gasteiger partial charge is 0.274 e. The molecule has 2 aromatic rings. The zero-order valence-electron chi connectivity index (χ0n) is 14.3. The minimum absolute atomic E-state index is 0.0383. The number of nitrogens with zero attached hydrogens (tertiary/aromatic N) is 2. The van der Waals surface area contributed by atoms with Crippen LogP contribution in [0.5, 0.6) is 0 Å². The molecule has 1 fully saturated rings. The molecular formula is C18H19N3O4S. The molecule has 2 heterocycles. The van der Waals surface area contributed by atoms with Gasteiger partial charge < -0.3 is 10.2 Å². The molecule has 2 amide bonds. The van der Waals surface area contributed by atoms with Gasteiger partial charge in [0, 0.05) is 18.8 Å². The van der Waals surface area contributed by atoms with Crippen molar-refractivity contribution < 1.29 is 18.0 Å². The van der Waals surface area contributed by atoms with E-state index in [2.05, 4.69) is 10.3 Å². The highest BCUT2D eigenvalue weighted by Crippen LogP contribution is 2.18. The SMILES string of the molecule is CN(C(=O)c1cccc(C(=O)Nc2ccccc2)n1)C1CCS(=O)(=O)C1. The fourth-order valence-corrected chi connectivity index (χ4v) is 4.60. The van der Waals surface area contributed by atoms with Gasteiger partial charge in [0.2, 0.25) is 0 Å². The minimum atomic E-state index is -3.09. The van der Waals surface area contributed by atoms with Crippen molar-refractivity contribution in [3.05, 3.63) is 59.9 Å². The van der Waals surface area contributed by atoms with Crippen LogP contribution in [-0.2, 0) is 9.84 Å². The van der Waals surface area contributed by atoms with Crippen LogP contribution >= 0.6 is 0 Å². The molecule has 1 unspecified atom stereocenters. The van der Waals surface area contributed by atoms with Gasteiger partial charge in [-0.25, -0.2) is 13.4 Å². The van der Waals surface area contributed by atoms with Gasteiger partial charge in [-0.2, -0.15) is 0 Å². The molecule has 1 aromatic carbocycles. The van der Waals surface area contributed by atoms with Gasteiger partial charge in [0.15, 0.2) is 9.84 Å². The Balaban J connectivity index is 1.74. The van der Waals surface area contributed by atoms with Gasteiger partial charge in [0.25, 0.3) is 11.8 Å². The van der Waals surface area contributed by atoms with Crippen LogP contribution in [0.3, 0.4) is 0 Å². The van der Waals surface area contributed by atoms with E-state index < -0.39 is 21.7 Å². The third kappa shape index (κ3) is 4.08. The fourth-order valence-electron chi connectivity index (χ4n) is 2.82. The fraction of sp³-hybridized carbons (Fsp3) is 0.278. The maximum Gasteiger partial charge on any atom is 0.274 e. The monoisotopic (exact) mass is 373 g/mol. The average molecular weight is 373 g/mol. The van der Waals surface area contributed by atoms with Gasteiger partial charge >= 0.3 is 0 Å². The molecule has 1 saturated heterocycles. The third-order valence-electron chi connectivity index (χ3n) is 4.31. The summed E-state index contributed by atoms with van der Waals surface area (Å²) in [7, 11) is -1.53. The summed E-state index contributed by atoms with van der Waals surface area (Å²) in [5.74, 6) is -0.774. The van der Waals surface area contributed by atoms with E-state index in [1.807, 2.05) is 6.07 Å². The summed E-state index contributed by atoms with van der Waals surface area (Å²) < 4.78 is 23.2. The number of sulfone groups is 1. The standard InChI is InChI=1S/C18H19N3O4S/c1-21(14-10-11-26(24,25)12-14)18(23)16-9-5-8-15(20-16)17(22)19-13-6-3-2-4-7-13/h2-9,14H,10-12H2,1H3,(H,19,22). The van der Waals surface area contributed by atoms with Gasteiger partial charge in [0.05, 0.1) is 11.5 Å². The third-order valence-corrected chi connectivity index (χ3v) is 6.06. The Bertz CT molecular complexity index is 928. The van der Waals surface area contributed by atoms with Crippen LogP contribution in [0, 0.1) is 0 Å². The van der Waals surface area contributed by atoms with Crippen LogP contribution in [0.4, 0.5) is 5.69 Å². The molecule has 1 aliphatic heterocycles. The molecule has 7 nitrogen and oxygen atoms in total. The summed E-state index contributed by atoms with van der Waals surface area (Å²) in [5, 5.41) is 2.71. The van der Waals surface area contributed by atoms with Crippen LogP contribution in [0.25, 0.3) is 0 Å². The number of pyridine rings is 1. The average Bonchev–Trinajstić information content (AvgIpc) is 3.01. The van der Waals surface area contributed by atoms with Gasteiger partial charge in [-0.05, 0) is 30.7 Å². The minimum Gasteiger partial charge on any atom is -0.336 e. The second-order valence-corrected chi connectivity index (χ2v) is 8.43. The first kappa shape index (κ1) is 18.1. The van der Waals surface area contributed by atoms with Gasteiger partial charge in [0.1, 0.15) is 11.4 Å². The van der Waals surface area contributed by atoms with Gasteiger partial charge in [-0.3, -0.25) is 9.59 Å². The van der Waals surface area contributed by atoms with Crippen molar-refractivity contribution in [1.29, 1.82) is 0 Å². The Labute approximate surface area is 152 Å². The highest BCUT2D eigenvalue weighted by Gasteiger charge is 2.33. The number of aromatic nitrogens is 1. The van der Waals surface area contributed by atoms with E-state index in [0.717, 1.165) is 0 Å². The summed E-state index contributed by atoms with van der Waals surface area (Å²) in [6.07, 6.45) is 0.415. The topological polar surface area (TPSA) is 96.4 Å². The van der Waals surface area contributed by atoms with Crippen LogP contribution in [-0.4, -0.2) is 54.7 Å². The van der Waals surface area contributed by atoms with E-state index in [0.29, 0.717) is 12.1 Å². The molecule has 0 spiro atoms. The first-order chi connectivity index (χ1) is 12.4. The predicted molar refractivity (Wildman–Crippen MR) is 97.8 cm³/mol. The van der Waals surface area contributed by atoms with Crippen molar-refractivity contribution in [1.82, 2.24) is 9.88 Å². The molecule has 1 aromatic heterocycles. The van der Waals surface area contributed by atoms with Gasteiger partial charge in [-0.15, -0.1) is 0 Å².